The Kier molecular flexibility index (Phi) is 3.10. The van der Waals surface area contributed by atoms with Crippen LogP contribution in [0, 0.1) is 6.92 Å². The van der Waals surface area contributed by atoms with Crippen molar-refractivity contribution in [3.8, 4) is 0 Å². The second kappa shape index (κ2) is 4.37. The van der Waals surface area contributed by atoms with Gasteiger partial charge < -0.3 is 4.74 Å². The predicted molar refractivity (Wildman–Crippen MR) is 62.3 cm³/mol. The van der Waals surface area contributed by atoms with Gasteiger partial charge in [-0.05, 0) is 32.3 Å². The minimum absolute atomic E-state index is 0.172. The molecule has 0 fully saturated rings. The second-order valence-corrected chi connectivity index (χ2v) is 5.06. The quantitative estimate of drug-likeness (QED) is 0.744. The van der Waals surface area contributed by atoms with Crippen LogP contribution in [0.2, 0.25) is 0 Å². The highest BCUT2D eigenvalue weighted by Gasteiger charge is 2.28. The van der Waals surface area contributed by atoms with Gasteiger partial charge in [0.05, 0.1) is 6.61 Å². The summed E-state index contributed by atoms with van der Waals surface area (Å²) in [5, 5.41) is 0. The van der Waals surface area contributed by atoms with E-state index in [1.807, 2.05) is 6.92 Å². The number of aryl methyl sites for hydroxylation is 1. The third-order valence-corrected chi connectivity index (χ3v) is 3.88. The molecule has 0 aromatic carbocycles. The van der Waals surface area contributed by atoms with Crippen molar-refractivity contribution in [3.05, 3.63) is 20.9 Å². The molecule has 16 heavy (non-hydrogen) atoms. The van der Waals surface area contributed by atoms with Crippen LogP contribution in [0.3, 0.4) is 0 Å². The van der Waals surface area contributed by atoms with E-state index in [0.717, 1.165) is 28.8 Å². The molecular weight excluding hydrogens is 224 g/mol. The Hall–Kier alpha value is -1.16. The van der Waals surface area contributed by atoms with E-state index in [0.29, 0.717) is 17.9 Å². The molecule has 0 aliphatic heterocycles. The van der Waals surface area contributed by atoms with E-state index in [4.69, 9.17) is 4.74 Å². The number of hydrogen-bond donors (Lipinski definition) is 0. The molecule has 2 rings (SSSR count). The Balaban J connectivity index is 2.45. The highest BCUT2D eigenvalue weighted by atomic mass is 32.1. The number of Topliss-reactive ketones (excluding diaryl/α,β-unsaturated/α-hetero) is 1. The molecule has 0 N–H and O–H groups in total. The van der Waals surface area contributed by atoms with Gasteiger partial charge in [0, 0.05) is 16.9 Å². The zero-order valence-corrected chi connectivity index (χ0v) is 10.3. The fourth-order valence-electron chi connectivity index (χ4n) is 2.11. The topological polar surface area (TPSA) is 43.4 Å². The van der Waals surface area contributed by atoms with Gasteiger partial charge in [-0.3, -0.25) is 4.79 Å². The average Bonchev–Trinajstić information content (AvgIpc) is 2.58. The van der Waals surface area contributed by atoms with E-state index in [-0.39, 0.29) is 11.8 Å². The molecule has 4 heteroatoms. The summed E-state index contributed by atoms with van der Waals surface area (Å²) in [5.41, 5.74) is 1.69. The number of ether oxygens (including phenoxy) is 1. The smallest absolute Gasteiger partial charge is 0.348 e. The van der Waals surface area contributed by atoms with Crippen LogP contribution in [-0.2, 0) is 11.2 Å². The molecule has 1 aromatic rings. The molecule has 1 aliphatic carbocycles. The van der Waals surface area contributed by atoms with Gasteiger partial charge in [0.25, 0.3) is 0 Å². The van der Waals surface area contributed by atoms with Crippen LogP contribution >= 0.6 is 11.3 Å². The first-order valence-corrected chi connectivity index (χ1v) is 6.29. The maximum absolute atomic E-state index is 11.8. The van der Waals surface area contributed by atoms with E-state index < -0.39 is 0 Å². The van der Waals surface area contributed by atoms with Crippen molar-refractivity contribution >= 4 is 23.1 Å². The number of carbonyl (C=O) groups is 2. The monoisotopic (exact) mass is 238 g/mol. The highest BCUT2D eigenvalue weighted by molar-refractivity contribution is 7.14. The van der Waals surface area contributed by atoms with Crippen molar-refractivity contribution in [3.63, 3.8) is 0 Å². The fraction of sp³-hybridized carbons (Fsp3) is 0.500. The Morgan fingerprint density at radius 1 is 1.44 bits per heavy atom. The zero-order valence-electron chi connectivity index (χ0n) is 9.46. The van der Waals surface area contributed by atoms with Gasteiger partial charge in [0.1, 0.15) is 4.88 Å². The van der Waals surface area contributed by atoms with Crippen LogP contribution in [0.5, 0.6) is 0 Å². The van der Waals surface area contributed by atoms with Gasteiger partial charge in [-0.25, -0.2) is 4.79 Å². The molecule has 1 aliphatic rings. The van der Waals surface area contributed by atoms with E-state index in [1.165, 1.54) is 11.3 Å². The van der Waals surface area contributed by atoms with E-state index >= 15 is 0 Å². The number of carbonyl (C=O) groups excluding carboxylic acids is 2. The number of hydrogen-bond acceptors (Lipinski definition) is 4. The van der Waals surface area contributed by atoms with Crippen LogP contribution < -0.4 is 0 Å². The fourth-order valence-corrected chi connectivity index (χ4v) is 3.22. The molecule has 0 saturated carbocycles. The van der Waals surface area contributed by atoms with E-state index in [9.17, 15) is 9.59 Å². The molecule has 0 saturated heterocycles. The first-order chi connectivity index (χ1) is 7.65. The molecule has 0 spiro atoms. The third-order valence-electron chi connectivity index (χ3n) is 2.75. The largest absolute Gasteiger partial charge is 0.462 e. The lowest BCUT2D eigenvalue weighted by Gasteiger charge is -2.12. The molecule has 1 heterocycles. The first kappa shape index (κ1) is 11.3. The number of thiophene rings is 1. The summed E-state index contributed by atoms with van der Waals surface area (Å²) in [6, 6.07) is 0. The van der Waals surface area contributed by atoms with E-state index in [2.05, 4.69) is 0 Å². The maximum Gasteiger partial charge on any atom is 0.348 e. The molecule has 1 aromatic heterocycles. The molecule has 3 nitrogen and oxygen atoms in total. The second-order valence-electron chi connectivity index (χ2n) is 3.84. The average molecular weight is 238 g/mol. The van der Waals surface area contributed by atoms with Crippen molar-refractivity contribution in [2.45, 2.75) is 33.1 Å². The van der Waals surface area contributed by atoms with Crippen LogP contribution in [0.1, 0.15) is 50.2 Å². The van der Waals surface area contributed by atoms with Gasteiger partial charge in [0.2, 0.25) is 0 Å². The number of fused-ring (bicyclic) bond motifs is 1. The van der Waals surface area contributed by atoms with Gasteiger partial charge >= 0.3 is 5.97 Å². The van der Waals surface area contributed by atoms with Gasteiger partial charge in [0.15, 0.2) is 5.78 Å². The molecule has 0 unspecified atom stereocenters. The summed E-state index contributed by atoms with van der Waals surface area (Å²) in [4.78, 5) is 25.0. The van der Waals surface area contributed by atoms with Crippen LogP contribution in [0.4, 0.5) is 0 Å². The van der Waals surface area contributed by atoms with Crippen LogP contribution in [0.25, 0.3) is 0 Å². The lowest BCUT2D eigenvalue weighted by molar-refractivity contribution is 0.0531. The Bertz CT molecular complexity index is 445. The van der Waals surface area contributed by atoms with E-state index in [1.54, 1.807) is 6.92 Å². The number of ketones is 1. The lowest BCUT2D eigenvalue weighted by Crippen LogP contribution is -2.13. The number of rotatable bonds is 2. The molecule has 0 bridgehead atoms. The SMILES string of the molecule is CCOC(=O)c1sc(C)c2c1CCCC2=O. The van der Waals surface area contributed by atoms with Gasteiger partial charge in [-0.15, -0.1) is 11.3 Å². The van der Waals surface area contributed by atoms with Crippen molar-refractivity contribution < 1.29 is 14.3 Å². The molecule has 0 radical (unpaired) electrons. The predicted octanol–water partition coefficient (Wildman–Crippen LogP) is 2.75. The Morgan fingerprint density at radius 2 is 2.19 bits per heavy atom. The summed E-state index contributed by atoms with van der Waals surface area (Å²) in [7, 11) is 0. The minimum Gasteiger partial charge on any atom is -0.462 e. The molecule has 0 atom stereocenters. The summed E-state index contributed by atoms with van der Waals surface area (Å²) in [6.07, 6.45) is 2.26. The van der Waals surface area contributed by atoms with Crippen LogP contribution in [-0.4, -0.2) is 18.4 Å². The first-order valence-electron chi connectivity index (χ1n) is 5.47. The highest BCUT2D eigenvalue weighted by Crippen LogP contribution is 2.34. The molecule has 0 amide bonds. The molecule has 86 valence electrons. The normalized spacial score (nSPS) is 14.8. The number of esters is 1. The van der Waals surface area contributed by atoms with Gasteiger partial charge in [-0.2, -0.15) is 0 Å². The summed E-state index contributed by atoms with van der Waals surface area (Å²) in [6.45, 7) is 4.06. The lowest BCUT2D eigenvalue weighted by atomic mass is 9.91. The van der Waals surface area contributed by atoms with Crippen molar-refractivity contribution in [2.75, 3.05) is 6.61 Å². The van der Waals surface area contributed by atoms with Crippen LogP contribution in [0.15, 0.2) is 0 Å². The van der Waals surface area contributed by atoms with Crippen molar-refractivity contribution in [2.24, 2.45) is 0 Å². The Morgan fingerprint density at radius 3 is 2.88 bits per heavy atom. The summed E-state index contributed by atoms with van der Waals surface area (Å²) in [5.74, 6) is -0.114. The summed E-state index contributed by atoms with van der Waals surface area (Å²) >= 11 is 1.39. The van der Waals surface area contributed by atoms with Crippen molar-refractivity contribution in [1.82, 2.24) is 0 Å². The zero-order chi connectivity index (χ0) is 11.7. The maximum atomic E-state index is 11.8. The van der Waals surface area contributed by atoms with Crippen molar-refractivity contribution in [1.29, 1.82) is 0 Å². The summed E-state index contributed by atoms with van der Waals surface area (Å²) < 4.78 is 5.00. The Labute approximate surface area is 98.4 Å². The molecular formula is C12H14O3S. The third kappa shape index (κ3) is 1.78. The van der Waals surface area contributed by atoms with Gasteiger partial charge in [-0.1, -0.05) is 0 Å². The minimum atomic E-state index is -0.286. The standard InChI is InChI=1S/C12H14O3S/c1-3-15-12(14)11-8-5-4-6-9(13)10(8)7(2)16-11/h3-6H2,1-2H3.